The van der Waals surface area contributed by atoms with E-state index in [-0.39, 0.29) is 5.82 Å². The van der Waals surface area contributed by atoms with E-state index in [0.29, 0.717) is 6.04 Å². The molecule has 0 aromatic carbocycles. The Bertz CT molecular complexity index is 306. The molecule has 3 nitrogen and oxygen atoms in total. The number of nitrogens with zero attached hydrogens (tertiary/aromatic N) is 2. The minimum absolute atomic E-state index is 0.278. The van der Waals surface area contributed by atoms with Gasteiger partial charge in [-0.2, -0.15) is 0 Å². The van der Waals surface area contributed by atoms with E-state index in [4.69, 9.17) is 0 Å². The Morgan fingerprint density at radius 1 is 1.60 bits per heavy atom. The number of aromatic nitrogens is 1. The van der Waals surface area contributed by atoms with Gasteiger partial charge in [-0.15, -0.1) is 0 Å². The van der Waals surface area contributed by atoms with Gasteiger partial charge >= 0.3 is 0 Å². The quantitative estimate of drug-likeness (QED) is 0.815. The molecule has 0 amide bonds. The summed E-state index contributed by atoms with van der Waals surface area (Å²) < 4.78 is 12.7. The van der Waals surface area contributed by atoms with E-state index in [0.717, 1.165) is 31.9 Å². The number of hydrogen-bond acceptors (Lipinski definition) is 3. The van der Waals surface area contributed by atoms with Crippen LogP contribution in [0.25, 0.3) is 0 Å². The summed E-state index contributed by atoms with van der Waals surface area (Å²) in [7, 11) is 0. The molecule has 1 unspecified atom stereocenters. The van der Waals surface area contributed by atoms with Gasteiger partial charge < -0.3 is 10.2 Å². The first kappa shape index (κ1) is 10.4. The molecule has 1 aliphatic heterocycles. The van der Waals surface area contributed by atoms with E-state index >= 15 is 0 Å². The zero-order valence-corrected chi connectivity index (χ0v) is 8.91. The number of nitrogens with one attached hydrogen (secondary N) is 1. The fourth-order valence-corrected chi connectivity index (χ4v) is 2.05. The maximum absolute atomic E-state index is 12.7. The van der Waals surface area contributed by atoms with Crippen LogP contribution in [0.1, 0.15) is 13.3 Å². The van der Waals surface area contributed by atoms with Gasteiger partial charge in [0.25, 0.3) is 0 Å². The molecule has 1 aromatic heterocycles. The molecule has 82 valence electrons. The van der Waals surface area contributed by atoms with Crippen LogP contribution in [-0.4, -0.2) is 30.7 Å². The molecule has 2 rings (SSSR count). The SMILES string of the molecule is CCN(c1ccc(F)cn1)C1CCNC1. The molecule has 1 aliphatic rings. The number of rotatable bonds is 3. The maximum atomic E-state index is 12.7. The van der Waals surface area contributed by atoms with Crippen LogP contribution in [0.5, 0.6) is 0 Å². The fourth-order valence-electron chi connectivity index (χ4n) is 2.05. The van der Waals surface area contributed by atoms with Crippen molar-refractivity contribution in [3.05, 3.63) is 24.1 Å². The molecule has 2 heterocycles. The summed E-state index contributed by atoms with van der Waals surface area (Å²) in [5, 5.41) is 3.32. The highest BCUT2D eigenvalue weighted by Gasteiger charge is 2.21. The number of halogens is 1. The lowest BCUT2D eigenvalue weighted by Gasteiger charge is -2.28. The summed E-state index contributed by atoms with van der Waals surface area (Å²) in [4.78, 5) is 6.34. The number of pyridine rings is 1. The molecule has 1 N–H and O–H groups in total. The van der Waals surface area contributed by atoms with Crippen LogP contribution in [0, 0.1) is 5.82 Å². The van der Waals surface area contributed by atoms with Gasteiger partial charge in [0, 0.05) is 19.1 Å². The molecule has 1 saturated heterocycles. The minimum atomic E-state index is -0.278. The van der Waals surface area contributed by atoms with Crippen molar-refractivity contribution in [2.24, 2.45) is 0 Å². The zero-order chi connectivity index (χ0) is 10.7. The highest BCUT2D eigenvalue weighted by Crippen LogP contribution is 2.17. The van der Waals surface area contributed by atoms with Crippen LogP contribution in [0.3, 0.4) is 0 Å². The van der Waals surface area contributed by atoms with Gasteiger partial charge in [0.15, 0.2) is 0 Å². The van der Waals surface area contributed by atoms with Crippen molar-refractivity contribution in [2.75, 3.05) is 24.5 Å². The van der Waals surface area contributed by atoms with E-state index in [1.54, 1.807) is 6.07 Å². The average Bonchev–Trinajstić information content (AvgIpc) is 2.75. The van der Waals surface area contributed by atoms with Gasteiger partial charge in [0.05, 0.1) is 6.20 Å². The third-order valence-electron chi connectivity index (χ3n) is 2.82. The predicted molar refractivity (Wildman–Crippen MR) is 58.5 cm³/mol. The standard InChI is InChI=1S/C11H16FN3/c1-2-15(10-5-6-13-8-10)11-4-3-9(12)7-14-11/h3-4,7,10,13H,2,5-6,8H2,1H3. The third-order valence-corrected chi connectivity index (χ3v) is 2.82. The Morgan fingerprint density at radius 3 is 3.00 bits per heavy atom. The van der Waals surface area contributed by atoms with E-state index in [1.807, 2.05) is 0 Å². The van der Waals surface area contributed by atoms with Crippen molar-refractivity contribution in [3.63, 3.8) is 0 Å². The summed E-state index contributed by atoms with van der Waals surface area (Å²) in [6.45, 7) is 5.06. The Morgan fingerprint density at radius 2 is 2.47 bits per heavy atom. The van der Waals surface area contributed by atoms with Crippen molar-refractivity contribution in [3.8, 4) is 0 Å². The van der Waals surface area contributed by atoms with Gasteiger partial charge in [-0.1, -0.05) is 0 Å². The lowest BCUT2D eigenvalue weighted by atomic mass is 10.2. The predicted octanol–water partition coefficient (Wildman–Crippen LogP) is 1.41. The summed E-state index contributed by atoms with van der Waals surface area (Å²) in [6.07, 6.45) is 2.41. The monoisotopic (exact) mass is 209 g/mol. The summed E-state index contributed by atoms with van der Waals surface area (Å²) in [6, 6.07) is 3.71. The molecule has 0 aliphatic carbocycles. The Kier molecular flexibility index (Phi) is 3.16. The summed E-state index contributed by atoms with van der Waals surface area (Å²) >= 11 is 0. The third kappa shape index (κ3) is 2.26. The topological polar surface area (TPSA) is 28.2 Å². The average molecular weight is 209 g/mol. The Labute approximate surface area is 89.3 Å². The second-order valence-corrected chi connectivity index (χ2v) is 3.77. The molecule has 0 bridgehead atoms. The van der Waals surface area contributed by atoms with Gasteiger partial charge in [0.2, 0.25) is 0 Å². The molecule has 0 spiro atoms. The first-order valence-corrected chi connectivity index (χ1v) is 5.40. The lowest BCUT2D eigenvalue weighted by molar-refractivity contribution is 0.612. The van der Waals surface area contributed by atoms with Crippen molar-refractivity contribution < 1.29 is 4.39 Å². The first-order chi connectivity index (χ1) is 7.31. The number of anilines is 1. The normalized spacial score (nSPS) is 20.5. The smallest absolute Gasteiger partial charge is 0.141 e. The van der Waals surface area contributed by atoms with Crippen molar-refractivity contribution >= 4 is 5.82 Å². The second kappa shape index (κ2) is 4.57. The molecule has 15 heavy (non-hydrogen) atoms. The lowest BCUT2D eigenvalue weighted by Crippen LogP contribution is -2.37. The van der Waals surface area contributed by atoms with Crippen LogP contribution in [-0.2, 0) is 0 Å². The van der Waals surface area contributed by atoms with Gasteiger partial charge in [-0.25, -0.2) is 9.37 Å². The Hall–Kier alpha value is -1.16. The van der Waals surface area contributed by atoms with Crippen LogP contribution in [0.4, 0.5) is 10.2 Å². The molecule has 0 radical (unpaired) electrons. The molecule has 4 heteroatoms. The van der Waals surface area contributed by atoms with Crippen LogP contribution < -0.4 is 10.2 Å². The summed E-state index contributed by atoms with van der Waals surface area (Å²) in [5.41, 5.74) is 0. The van der Waals surface area contributed by atoms with E-state index < -0.39 is 0 Å². The largest absolute Gasteiger partial charge is 0.353 e. The summed E-state index contributed by atoms with van der Waals surface area (Å²) in [5.74, 6) is 0.590. The van der Waals surface area contributed by atoms with Gasteiger partial charge in [0.1, 0.15) is 11.6 Å². The van der Waals surface area contributed by atoms with E-state index in [1.165, 1.54) is 12.3 Å². The molecular formula is C11H16FN3. The van der Waals surface area contributed by atoms with Crippen molar-refractivity contribution in [2.45, 2.75) is 19.4 Å². The second-order valence-electron chi connectivity index (χ2n) is 3.77. The van der Waals surface area contributed by atoms with Crippen LogP contribution in [0.15, 0.2) is 18.3 Å². The molecule has 1 fully saturated rings. The minimum Gasteiger partial charge on any atom is -0.353 e. The molecule has 1 atom stereocenters. The Balaban J connectivity index is 2.14. The molecule has 1 aromatic rings. The van der Waals surface area contributed by atoms with E-state index in [2.05, 4.69) is 22.1 Å². The van der Waals surface area contributed by atoms with Crippen LogP contribution >= 0.6 is 0 Å². The van der Waals surface area contributed by atoms with Crippen molar-refractivity contribution in [1.82, 2.24) is 10.3 Å². The highest BCUT2D eigenvalue weighted by atomic mass is 19.1. The van der Waals surface area contributed by atoms with E-state index in [9.17, 15) is 4.39 Å². The van der Waals surface area contributed by atoms with Crippen molar-refractivity contribution in [1.29, 1.82) is 0 Å². The van der Waals surface area contributed by atoms with Gasteiger partial charge in [-0.05, 0) is 32.0 Å². The van der Waals surface area contributed by atoms with Gasteiger partial charge in [-0.3, -0.25) is 0 Å². The maximum Gasteiger partial charge on any atom is 0.141 e. The molecule has 0 saturated carbocycles. The number of hydrogen-bond donors (Lipinski definition) is 1. The van der Waals surface area contributed by atoms with Crippen LogP contribution in [0.2, 0.25) is 0 Å². The first-order valence-electron chi connectivity index (χ1n) is 5.40. The highest BCUT2D eigenvalue weighted by molar-refractivity contribution is 5.39. The fraction of sp³-hybridized carbons (Fsp3) is 0.545. The number of likely N-dealkylation sites (N-methyl/N-ethyl adjacent to an activating group) is 1. The molecular weight excluding hydrogens is 193 g/mol. The zero-order valence-electron chi connectivity index (χ0n) is 8.91.